The second kappa shape index (κ2) is 5.38. The van der Waals surface area contributed by atoms with Gasteiger partial charge in [-0.1, -0.05) is 11.6 Å². The number of carbonyl (C=O) groups excluding carboxylic acids is 1. The van der Waals surface area contributed by atoms with Gasteiger partial charge in [-0.3, -0.25) is 9.20 Å². The van der Waals surface area contributed by atoms with Crippen molar-refractivity contribution < 1.29 is 9.53 Å². The zero-order chi connectivity index (χ0) is 15.0. The van der Waals surface area contributed by atoms with Gasteiger partial charge in [0.2, 0.25) is 0 Å². The molecule has 108 valence electrons. The minimum atomic E-state index is -0.300. The number of imidazole rings is 1. The van der Waals surface area contributed by atoms with Crippen LogP contribution in [0.2, 0.25) is 5.02 Å². The average Bonchev–Trinajstić information content (AvgIpc) is 3.02. The van der Waals surface area contributed by atoms with Crippen molar-refractivity contribution in [1.29, 1.82) is 0 Å². The number of thiazole rings is 1. The number of hydrogen-bond acceptors (Lipinski definition) is 4. The fourth-order valence-electron chi connectivity index (χ4n) is 1.97. The maximum absolute atomic E-state index is 12.3. The molecule has 0 fully saturated rings. The van der Waals surface area contributed by atoms with E-state index < -0.39 is 0 Å². The molecule has 0 radical (unpaired) electrons. The van der Waals surface area contributed by atoms with Crippen molar-refractivity contribution in [3.05, 3.63) is 46.2 Å². The summed E-state index contributed by atoms with van der Waals surface area (Å²) in [6, 6.07) is 5.04. The summed E-state index contributed by atoms with van der Waals surface area (Å²) in [5.41, 5.74) is 1.91. The zero-order valence-corrected chi connectivity index (χ0v) is 13.0. The van der Waals surface area contributed by atoms with Gasteiger partial charge >= 0.3 is 0 Å². The highest BCUT2D eigenvalue weighted by Gasteiger charge is 2.15. The number of anilines is 1. The molecule has 2 heterocycles. The first-order valence-corrected chi connectivity index (χ1v) is 7.42. The number of ether oxygens (including phenoxy) is 1. The number of methoxy groups -OCH3 is 1. The summed E-state index contributed by atoms with van der Waals surface area (Å²) in [6.45, 7) is 1.97. The first-order valence-electron chi connectivity index (χ1n) is 6.16. The van der Waals surface area contributed by atoms with Crippen LogP contribution < -0.4 is 10.1 Å². The number of halogens is 1. The van der Waals surface area contributed by atoms with Crippen LogP contribution in [0.4, 0.5) is 5.69 Å². The maximum Gasteiger partial charge on any atom is 0.276 e. The van der Waals surface area contributed by atoms with Gasteiger partial charge in [-0.05, 0) is 25.1 Å². The van der Waals surface area contributed by atoms with E-state index in [0.29, 0.717) is 22.2 Å². The quantitative estimate of drug-likeness (QED) is 0.801. The Kier molecular flexibility index (Phi) is 3.57. The monoisotopic (exact) mass is 321 g/mol. The Morgan fingerprint density at radius 3 is 3.00 bits per heavy atom. The van der Waals surface area contributed by atoms with Crippen LogP contribution in [0.25, 0.3) is 4.96 Å². The summed E-state index contributed by atoms with van der Waals surface area (Å²) in [4.78, 5) is 17.4. The van der Waals surface area contributed by atoms with Gasteiger partial charge in [-0.25, -0.2) is 4.98 Å². The summed E-state index contributed by atoms with van der Waals surface area (Å²) in [5.74, 6) is 0.246. The highest BCUT2D eigenvalue weighted by atomic mass is 35.5. The van der Waals surface area contributed by atoms with Crippen molar-refractivity contribution in [3.8, 4) is 5.75 Å². The molecule has 21 heavy (non-hydrogen) atoms. The van der Waals surface area contributed by atoms with Crippen LogP contribution in [-0.2, 0) is 0 Å². The SMILES string of the molecule is COc1ccc(Cl)cc1NC(=O)c1cn2c(C)csc2n1. The van der Waals surface area contributed by atoms with E-state index in [4.69, 9.17) is 16.3 Å². The summed E-state index contributed by atoms with van der Waals surface area (Å²) >= 11 is 7.44. The lowest BCUT2D eigenvalue weighted by molar-refractivity contribution is 0.102. The molecule has 0 saturated carbocycles. The van der Waals surface area contributed by atoms with Crippen LogP contribution in [0.15, 0.2) is 29.8 Å². The third-order valence-electron chi connectivity index (χ3n) is 3.03. The van der Waals surface area contributed by atoms with Crippen molar-refractivity contribution in [1.82, 2.24) is 9.38 Å². The second-order valence-electron chi connectivity index (χ2n) is 4.45. The Morgan fingerprint density at radius 2 is 2.29 bits per heavy atom. The van der Waals surface area contributed by atoms with Crippen molar-refractivity contribution in [3.63, 3.8) is 0 Å². The van der Waals surface area contributed by atoms with Gasteiger partial charge in [0.15, 0.2) is 4.96 Å². The van der Waals surface area contributed by atoms with E-state index in [9.17, 15) is 4.79 Å². The molecule has 7 heteroatoms. The predicted octanol–water partition coefficient (Wildman–Crippen LogP) is 3.62. The third kappa shape index (κ3) is 2.59. The molecular weight excluding hydrogens is 310 g/mol. The normalized spacial score (nSPS) is 10.8. The predicted molar refractivity (Wildman–Crippen MR) is 83.8 cm³/mol. The molecule has 1 N–H and O–H groups in total. The first-order chi connectivity index (χ1) is 10.1. The second-order valence-corrected chi connectivity index (χ2v) is 5.73. The lowest BCUT2D eigenvalue weighted by Crippen LogP contribution is -2.13. The molecule has 0 aliphatic rings. The molecule has 0 aliphatic carbocycles. The van der Waals surface area contributed by atoms with Crippen molar-refractivity contribution in [2.45, 2.75) is 6.92 Å². The Bertz CT molecular complexity index is 825. The van der Waals surface area contributed by atoms with Crippen LogP contribution >= 0.6 is 22.9 Å². The van der Waals surface area contributed by atoms with E-state index in [-0.39, 0.29) is 5.91 Å². The fraction of sp³-hybridized carbons (Fsp3) is 0.143. The van der Waals surface area contributed by atoms with Gasteiger partial charge < -0.3 is 10.1 Å². The van der Waals surface area contributed by atoms with Gasteiger partial charge in [0, 0.05) is 22.3 Å². The Balaban J connectivity index is 1.90. The van der Waals surface area contributed by atoms with E-state index in [1.165, 1.54) is 18.4 Å². The Morgan fingerprint density at radius 1 is 1.48 bits per heavy atom. The fourth-order valence-corrected chi connectivity index (χ4v) is 2.99. The lowest BCUT2D eigenvalue weighted by atomic mass is 10.3. The smallest absolute Gasteiger partial charge is 0.276 e. The molecule has 0 aliphatic heterocycles. The highest BCUT2D eigenvalue weighted by molar-refractivity contribution is 7.15. The Hall–Kier alpha value is -2.05. The molecule has 5 nitrogen and oxygen atoms in total. The number of fused-ring (bicyclic) bond motifs is 1. The minimum Gasteiger partial charge on any atom is -0.495 e. The van der Waals surface area contributed by atoms with Crippen molar-refractivity contribution >= 4 is 39.5 Å². The molecule has 0 spiro atoms. The van der Waals surface area contributed by atoms with Gasteiger partial charge in [-0.2, -0.15) is 0 Å². The largest absolute Gasteiger partial charge is 0.495 e. The van der Waals surface area contributed by atoms with Gasteiger partial charge in [0.25, 0.3) is 5.91 Å². The molecule has 3 rings (SSSR count). The minimum absolute atomic E-state index is 0.300. The number of nitrogens with one attached hydrogen (secondary N) is 1. The number of amides is 1. The summed E-state index contributed by atoms with van der Waals surface area (Å²) in [6.07, 6.45) is 1.72. The number of rotatable bonds is 3. The molecular formula is C14H12ClN3O2S. The van der Waals surface area contributed by atoms with Gasteiger partial charge in [0.1, 0.15) is 11.4 Å². The molecule has 2 aromatic heterocycles. The van der Waals surface area contributed by atoms with E-state index in [0.717, 1.165) is 10.7 Å². The standard InChI is InChI=1S/C14H12ClN3O2S/c1-8-7-21-14-17-11(6-18(8)14)13(19)16-10-5-9(15)3-4-12(10)20-2/h3-7H,1-2H3,(H,16,19). The summed E-state index contributed by atoms with van der Waals surface area (Å²) in [5, 5.41) is 5.28. The van der Waals surface area contributed by atoms with E-state index in [2.05, 4.69) is 10.3 Å². The summed E-state index contributed by atoms with van der Waals surface area (Å²) in [7, 11) is 1.54. The summed E-state index contributed by atoms with van der Waals surface area (Å²) < 4.78 is 7.09. The molecule has 0 atom stereocenters. The van der Waals surface area contributed by atoms with Crippen LogP contribution in [0.5, 0.6) is 5.75 Å². The maximum atomic E-state index is 12.3. The number of aromatic nitrogens is 2. The Labute approximate surface area is 130 Å². The number of hydrogen-bond donors (Lipinski definition) is 1. The number of aryl methyl sites for hydroxylation is 1. The van der Waals surface area contributed by atoms with Crippen molar-refractivity contribution in [2.75, 3.05) is 12.4 Å². The van der Waals surface area contributed by atoms with Gasteiger partial charge in [-0.15, -0.1) is 11.3 Å². The lowest BCUT2D eigenvalue weighted by Gasteiger charge is -2.09. The number of carbonyl (C=O) groups is 1. The molecule has 3 aromatic rings. The topological polar surface area (TPSA) is 55.6 Å². The average molecular weight is 322 g/mol. The number of nitrogens with zero attached hydrogens (tertiary/aromatic N) is 2. The van der Waals surface area contributed by atoms with Crippen LogP contribution in [0.3, 0.4) is 0 Å². The van der Waals surface area contributed by atoms with Crippen LogP contribution in [-0.4, -0.2) is 22.4 Å². The van der Waals surface area contributed by atoms with E-state index in [1.807, 2.05) is 16.7 Å². The first kappa shape index (κ1) is 13.9. The van der Waals surface area contributed by atoms with Gasteiger partial charge in [0.05, 0.1) is 12.8 Å². The molecule has 1 amide bonds. The van der Waals surface area contributed by atoms with E-state index in [1.54, 1.807) is 24.4 Å². The van der Waals surface area contributed by atoms with Crippen LogP contribution in [0, 0.1) is 6.92 Å². The third-order valence-corrected chi connectivity index (χ3v) is 4.22. The molecule has 0 bridgehead atoms. The molecule has 0 saturated heterocycles. The van der Waals surface area contributed by atoms with Crippen molar-refractivity contribution in [2.24, 2.45) is 0 Å². The molecule has 0 unspecified atom stereocenters. The molecule has 1 aromatic carbocycles. The zero-order valence-electron chi connectivity index (χ0n) is 11.4. The van der Waals surface area contributed by atoms with Crippen LogP contribution in [0.1, 0.15) is 16.2 Å². The number of benzene rings is 1. The van der Waals surface area contributed by atoms with E-state index >= 15 is 0 Å². The highest BCUT2D eigenvalue weighted by Crippen LogP contribution is 2.28.